The molecule has 1 aromatic rings. The van der Waals surface area contributed by atoms with E-state index in [1.54, 1.807) is 0 Å². The van der Waals surface area contributed by atoms with Gasteiger partial charge in [0.05, 0.1) is 12.4 Å². The molecule has 0 saturated carbocycles. The third-order valence-corrected chi connectivity index (χ3v) is 5.33. The largest absolute Gasteiger partial charge is 0.361 e. The third kappa shape index (κ3) is 3.35. The normalized spacial score (nSPS) is 22.0. The highest BCUT2D eigenvalue weighted by Gasteiger charge is 2.29. The Morgan fingerprint density at radius 2 is 1.77 bits per heavy atom. The first kappa shape index (κ1) is 15.5. The molecule has 22 heavy (non-hydrogen) atoms. The molecule has 1 atom stereocenters. The lowest BCUT2D eigenvalue weighted by Crippen LogP contribution is -2.43. The Morgan fingerprint density at radius 3 is 2.41 bits per heavy atom. The predicted molar refractivity (Wildman–Crippen MR) is 91.6 cm³/mol. The van der Waals surface area contributed by atoms with Gasteiger partial charge in [0.25, 0.3) is 0 Å². The number of rotatable bonds is 4. The zero-order valence-electron chi connectivity index (χ0n) is 14.2. The van der Waals surface area contributed by atoms with E-state index in [4.69, 9.17) is 4.98 Å². The minimum Gasteiger partial charge on any atom is -0.361 e. The summed E-state index contributed by atoms with van der Waals surface area (Å²) in [6, 6.07) is 0.740. The molecule has 5 nitrogen and oxygen atoms in total. The first-order valence-electron chi connectivity index (χ1n) is 8.63. The molecule has 0 aromatic carbocycles. The van der Waals surface area contributed by atoms with Crippen LogP contribution in [0.1, 0.15) is 32.6 Å². The van der Waals surface area contributed by atoms with E-state index in [0.29, 0.717) is 0 Å². The van der Waals surface area contributed by atoms with Gasteiger partial charge >= 0.3 is 0 Å². The number of hydrogen-bond acceptors (Lipinski definition) is 5. The van der Waals surface area contributed by atoms with Gasteiger partial charge in [-0.1, -0.05) is 0 Å². The molecule has 2 fully saturated rings. The molecule has 0 unspecified atom stereocenters. The van der Waals surface area contributed by atoms with Crippen molar-refractivity contribution < 1.29 is 0 Å². The van der Waals surface area contributed by atoms with Gasteiger partial charge in [0.1, 0.15) is 11.6 Å². The number of likely N-dealkylation sites (tertiary alicyclic amines) is 1. The molecule has 0 bridgehead atoms. The Labute approximate surface area is 134 Å². The molecular formula is C17H29N5. The first-order chi connectivity index (χ1) is 10.6. The van der Waals surface area contributed by atoms with Crippen LogP contribution in [0, 0.1) is 5.92 Å². The van der Waals surface area contributed by atoms with Crippen LogP contribution in [0.5, 0.6) is 0 Å². The highest BCUT2D eigenvalue weighted by atomic mass is 15.2. The molecule has 3 heterocycles. The van der Waals surface area contributed by atoms with Crippen molar-refractivity contribution in [2.75, 3.05) is 50.1 Å². The second-order valence-corrected chi connectivity index (χ2v) is 6.94. The fourth-order valence-electron chi connectivity index (χ4n) is 3.77. The maximum absolute atomic E-state index is 4.72. The molecule has 0 radical (unpaired) electrons. The van der Waals surface area contributed by atoms with Crippen LogP contribution < -0.4 is 9.80 Å². The monoisotopic (exact) mass is 303 g/mol. The Bertz CT molecular complexity index is 476. The summed E-state index contributed by atoms with van der Waals surface area (Å²) in [6.07, 6.45) is 9.03. The quantitative estimate of drug-likeness (QED) is 0.852. The van der Waals surface area contributed by atoms with Crippen molar-refractivity contribution in [2.24, 2.45) is 5.92 Å². The number of nitrogens with zero attached hydrogens (tertiary/aromatic N) is 5. The molecule has 2 aliphatic heterocycles. The standard InChI is InChI=1S/C17H29N5/c1-14(21-8-4-5-9-21)15-6-10-22(11-7-15)17-13-18-12-16(19-17)20(2)3/h12-15H,4-11H2,1-3H3/t14-/m0/s1. The SMILES string of the molecule is C[C@@H](C1CCN(c2cncc(N(C)C)n2)CC1)N1CCCC1. The number of aromatic nitrogens is 2. The smallest absolute Gasteiger partial charge is 0.149 e. The highest BCUT2D eigenvalue weighted by Crippen LogP contribution is 2.28. The summed E-state index contributed by atoms with van der Waals surface area (Å²) < 4.78 is 0. The molecule has 0 amide bonds. The average Bonchev–Trinajstić information content (AvgIpc) is 3.09. The lowest BCUT2D eigenvalue weighted by Gasteiger charge is -2.38. The Hall–Kier alpha value is -1.36. The highest BCUT2D eigenvalue weighted by molar-refractivity contribution is 5.44. The van der Waals surface area contributed by atoms with E-state index in [9.17, 15) is 0 Å². The fourth-order valence-corrected chi connectivity index (χ4v) is 3.77. The van der Waals surface area contributed by atoms with Gasteiger partial charge < -0.3 is 14.7 Å². The van der Waals surface area contributed by atoms with E-state index in [1.807, 2.05) is 31.4 Å². The summed E-state index contributed by atoms with van der Waals surface area (Å²) in [7, 11) is 4.02. The molecule has 2 saturated heterocycles. The van der Waals surface area contributed by atoms with Crippen LogP contribution in [0.15, 0.2) is 12.4 Å². The van der Waals surface area contributed by atoms with E-state index >= 15 is 0 Å². The number of anilines is 2. The summed E-state index contributed by atoms with van der Waals surface area (Å²) in [4.78, 5) is 16.2. The van der Waals surface area contributed by atoms with Gasteiger partial charge in [-0.3, -0.25) is 4.98 Å². The Kier molecular flexibility index (Phi) is 4.81. The second kappa shape index (κ2) is 6.82. The van der Waals surface area contributed by atoms with Crippen LogP contribution in [0.2, 0.25) is 0 Å². The van der Waals surface area contributed by atoms with Crippen molar-refractivity contribution in [2.45, 2.75) is 38.6 Å². The van der Waals surface area contributed by atoms with Gasteiger partial charge in [-0.2, -0.15) is 0 Å². The van der Waals surface area contributed by atoms with Crippen LogP contribution in [0.3, 0.4) is 0 Å². The van der Waals surface area contributed by atoms with Crippen LogP contribution in [-0.4, -0.2) is 61.2 Å². The van der Waals surface area contributed by atoms with Crippen LogP contribution in [0.25, 0.3) is 0 Å². The molecule has 5 heteroatoms. The van der Waals surface area contributed by atoms with Crippen molar-refractivity contribution in [1.82, 2.24) is 14.9 Å². The molecule has 2 aliphatic rings. The lowest BCUT2D eigenvalue weighted by molar-refractivity contribution is 0.167. The van der Waals surface area contributed by atoms with Crippen molar-refractivity contribution in [3.05, 3.63) is 12.4 Å². The maximum atomic E-state index is 4.72. The number of piperidine rings is 1. The van der Waals surface area contributed by atoms with Crippen molar-refractivity contribution in [1.29, 1.82) is 0 Å². The summed E-state index contributed by atoms with van der Waals surface area (Å²) in [6.45, 7) is 7.25. The molecular weight excluding hydrogens is 274 g/mol. The molecule has 0 N–H and O–H groups in total. The maximum Gasteiger partial charge on any atom is 0.149 e. The Balaban J connectivity index is 1.58. The van der Waals surface area contributed by atoms with Crippen molar-refractivity contribution in [3.63, 3.8) is 0 Å². The minimum atomic E-state index is 0.740. The first-order valence-corrected chi connectivity index (χ1v) is 8.63. The fraction of sp³-hybridized carbons (Fsp3) is 0.765. The van der Waals surface area contributed by atoms with Gasteiger partial charge in [-0.15, -0.1) is 0 Å². The third-order valence-electron chi connectivity index (χ3n) is 5.33. The summed E-state index contributed by atoms with van der Waals surface area (Å²) >= 11 is 0. The molecule has 0 spiro atoms. The predicted octanol–water partition coefficient (Wildman–Crippen LogP) is 2.24. The number of hydrogen-bond donors (Lipinski definition) is 0. The molecule has 0 aliphatic carbocycles. The van der Waals surface area contributed by atoms with E-state index in [-0.39, 0.29) is 0 Å². The average molecular weight is 303 g/mol. The van der Waals surface area contributed by atoms with Crippen LogP contribution >= 0.6 is 0 Å². The minimum absolute atomic E-state index is 0.740. The summed E-state index contributed by atoms with van der Waals surface area (Å²) in [5, 5.41) is 0. The van der Waals surface area contributed by atoms with Gasteiger partial charge in [-0.05, 0) is 51.6 Å². The van der Waals surface area contributed by atoms with Gasteiger partial charge in [-0.25, -0.2) is 4.98 Å². The van der Waals surface area contributed by atoms with Crippen LogP contribution in [-0.2, 0) is 0 Å². The summed E-state index contributed by atoms with van der Waals surface area (Å²) in [5.74, 6) is 2.79. The lowest BCUT2D eigenvalue weighted by atomic mass is 9.89. The van der Waals surface area contributed by atoms with E-state index in [0.717, 1.165) is 36.7 Å². The van der Waals surface area contributed by atoms with Gasteiger partial charge in [0.2, 0.25) is 0 Å². The summed E-state index contributed by atoms with van der Waals surface area (Å²) in [5.41, 5.74) is 0. The molecule has 1 aromatic heterocycles. The molecule has 3 rings (SSSR count). The van der Waals surface area contributed by atoms with Crippen LogP contribution in [0.4, 0.5) is 11.6 Å². The zero-order valence-corrected chi connectivity index (χ0v) is 14.2. The second-order valence-electron chi connectivity index (χ2n) is 6.94. The van der Waals surface area contributed by atoms with Gasteiger partial charge in [0.15, 0.2) is 0 Å². The van der Waals surface area contributed by atoms with Crippen molar-refractivity contribution >= 4 is 11.6 Å². The van der Waals surface area contributed by atoms with E-state index < -0.39 is 0 Å². The van der Waals surface area contributed by atoms with E-state index in [1.165, 1.54) is 38.8 Å². The Morgan fingerprint density at radius 1 is 1.09 bits per heavy atom. The topological polar surface area (TPSA) is 35.5 Å². The van der Waals surface area contributed by atoms with E-state index in [2.05, 4.69) is 21.7 Å². The zero-order chi connectivity index (χ0) is 15.5. The van der Waals surface area contributed by atoms with Crippen molar-refractivity contribution in [3.8, 4) is 0 Å². The van der Waals surface area contributed by atoms with Gasteiger partial charge in [0, 0.05) is 33.2 Å². The molecule has 122 valence electrons.